The van der Waals surface area contributed by atoms with Gasteiger partial charge in [-0.2, -0.15) is 0 Å². The van der Waals surface area contributed by atoms with E-state index >= 15 is 0 Å². The van der Waals surface area contributed by atoms with Crippen molar-refractivity contribution in [2.75, 3.05) is 5.32 Å². The van der Waals surface area contributed by atoms with Gasteiger partial charge in [0.05, 0.1) is 11.1 Å². The number of anilines is 1. The molecule has 5 rings (SSSR count). The third-order valence-electron chi connectivity index (χ3n) is 6.04. The molecule has 0 aliphatic heterocycles. The fourth-order valence-corrected chi connectivity index (χ4v) is 5.24. The number of aromatic amines is 1. The minimum Gasteiger partial charge on any atom is -0.360 e. The number of nitrogens with zero attached hydrogens (tertiary/aromatic N) is 1. The molecule has 2 N–H and O–H groups in total. The number of H-pyrrole nitrogens is 1. The molecule has 5 aromatic rings. The Morgan fingerprint density at radius 2 is 1.76 bits per heavy atom. The highest BCUT2D eigenvalue weighted by molar-refractivity contribution is 7.98. The Hall–Kier alpha value is -3.57. The van der Waals surface area contributed by atoms with Crippen LogP contribution in [0.4, 0.5) is 5.69 Å². The lowest BCUT2D eigenvalue weighted by atomic mass is 9.87. The molecule has 3 aromatic carbocycles. The lowest BCUT2D eigenvalue weighted by molar-refractivity contribution is 0.102. The molecule has 0 saturated carbocycles. The molecule has 4 nitrogen and oxygen atoms in total. The van der Waals surface area contributed by atoms with Crippen molar-refractivity contribution >= 4 is 45.2 Å². The average Bonchev–Trinajstić information content (AvgIpc) is 3.27. The molecule has 0 unspecified atom stereocenters. The van der Waals surface area contributed by atoms with Gasteiger partial charge in [-0.25, -0.2) is 0 Å². The second kappa shape index (κ2) is 8.99. The van der Waals surface area contributed by atoms with Crippen LogP contribution in [0.15, 0.2) is 90.1 Å². The van der Waals surface area contributed by atoms with Crippen LogP contribution >= 0.6 is 11.8 Å². The summed E-state index contributed by atoms with van der Waals surface area (Å²) in [6.45, 7) is 6.54. The van der Waals surface area contributed by atoms with Crippen LogP contribution in [-0.2, 0) is 11.2 Å². The maximum atomic E-state index is 13.2. The lowest BCUT2D eigenvalue weighted by Gasteiger charge is -2.19. The van der Waals surface area contributed by atoms with Crippen LogP contribution < -0.4 is 5.32 Å². The van der Waals surface area contributed by atoms with Gasteiger partial charge in [-0.05, 0) is 52.9 Å². The highest BCUT2D eigenvalue weighted by Crippen LogP contribution is 2.34. The molecule has 5 heteroatoms. The number of aromatic nitrogens is 2. The summed E-state index contributed by atoms with van der Waals surface area (Å²) in [7, 11) is 0. The first-order chi connectivity index (χ1) is 16.4. The van der Waals surface area contributed by atoms with Gasteiger partial charge in [0.15, 0.2) is 0 Å². The molecule has 2 heterocycles. The predicted octanol–water partition coefficient (Wildman–Crippen LogP) is 7.56. The second-order valence-corrected chi connectivity index (χ2v) is 10.5. The Balaban J connectivity index is 1.41. The van der Waals surface area contributed by atoms with Crippen LogP contribution in [0.3, 0.4) is 0 Å². The van der Waals surface area contributed by atoms with Gasteiger partial charge in [-0.1, -0.05) is 57.2 Å². The monoisotopic (exact) mass is 465 g/mol. The number of fused-ring (bicyclic) bond motifs is 2. The number of rotatable bonds is 5. The molecule has 0 aliphatic carbocycles. The van der Waals surface area contributed by atoms with Gasteiger partial charge in [0.1, 0.15) is 0 Å². The summed E-state index contributed by atoms with van der Waals surface area (Å²) in [5.41, 5.74) is 5.94. The Labute approximate surface area is 203 Å². The molecule has 1 amide bonds. The fourth-order valence-electron chi connectivity index (χ4n) is 4.14. The Morgan fingerprint density at radius 1 is 0.971 bits per heavy atom. The number of benzene rings is 3. The van der Waals surface area contributed by atoms with Crippen LogP contribution in [0.1, 0.15) is 42.3 Å². The summed E-state index contributed by atoms with van der Waals surface area (Å²) in [6.07, 6.45) is 3.66. The minimum absolute atomic E-state index is 0.0750. The molecule has 170 valence electrons. The van der Waals surface area contributed by atoms with Gasteiger partial charge < -0.3 is 10.3 Å². The number of hydrogen-bond acceptors (Lipinski definition) is 3. The van der Waals surface area contributed by atoms with Crippen molar-refractivity contribution in [3.8, 4) is 0 Å². The Kier molecular flexibility index (Phi) is 5.88. The molecular formula is C29H27N3OS. The minimum atomic E-state index is -0.114. The summed E-state index contributed by atoms with van der Waals surface area (Å²) in [5, 5.41) is 5.18. The molecule has 0 radical (unpaired) electrons. The summed E-state index contributed by atoms with van der Waals surface area (Å²) in [6, 6.07) is 24.5. The average molecular weight is 466 g/mol. The number of nitrogens with one attached hydrogen (secondary N) is 2. The number of carbonyl (C=O) groups is 1. The number of amides is 1. The Morgan fingerprint density at radius 3 is 2.56 bits per heavy atom. The van der Waals surface area contributed by atoms with Crippen LogP contribution in [0.5, 0.6) is 0 Å². The molecule has 0 spiro atoms. The third-order valence-corrected chi connectivity index (χ3v) is 7.15. The first-order valence-corrected chi connectivity index (χ1v) is 12.4. The Bertz CT molecular complexity index is 1470. The van der Waals surface area contributed by atoms with Gasteiger partial charge in [0, 0.05) is 45.0 Å². The first kappa shape index (κ1) is 22.2. The van der Waals surface area contributed by atoms with E-state index in [0.29, 0.717) is 5.56 Å². The smallest absolute Gasteiger partial charge is 0.257 e. The predicted molar refractivity (Wildman–Crippen MR) is 143 cm³/mol. The fraction of sp³-hybridized carbons (Fsp3) is 0.172. The number of para-hydroxylation sites is 1. The zero-order valence-corrected chi connectivity index (χ0v) is 20.4. The quantitative estimate of drug-likeness (QED) is 0.263. The molecule has 0 bridgehead atoms. The molecule has 0 aliphatic rings. The molecule has 34 heavy (non-hydrogen) atoms. The van der Waals surface area contributed by atoms with Crippen molar-refractivity contribution in [3.05, 3.63) is 102 Å². The van der Waals surface area contributed by atoms with Crippen molar-refractivity contribution in [2.24, 2.45) is 0 Å². The van der Waals surface area contributed by atoms with Crippen molar-refractivity contribution < 1.29 is 4.79 Å². The van der Waals surface area contributed by atoms with Gasteiger partial charge >= 0.3 is 0 Å². The maximum absolute atomic E-state index is 13.2. The van der Waals surface area contributed by atoms with E-state index in [1.807, 2.05) is 48.7 Å². The van der Waals surface area contributed by atoms with E-state index in [9.17, 15) is 4.79 Å². The SMILES string of the molecule is CC(C)(C)c1ccc(NC(=O)c2c[nH]c3cccc(SCc4ccnc5ccccc45)c23)cc1. The molecular weight excluding hydrogens is 438 g/mol. The topological polar surface area (TPSA) is 57.8 Å². The van der Waals surface area contributed by atoms with E-state index in [4.69, 9.17) is 0 Å². The van der Waals surface area contributed by atoms with Gasteiger partial charge in [0.25, 0.3) is 5.91 Å². The van der Waals surface area contributed by atoms with Crippen molar-refractivity contribution in [3.63, 3.8) is 0 Å². The summed E-state index contributed by atoms with van der Waals surface area (Å²) >= 11 is 1.74. The van der Waals surface area contributed by atoms with E-state index in [-0.39, 0.29) is 11.3 Å². The standard InChI is InChI=1S/C29H27N3OS/c1-29(2,3)20-11-13-21(14-12-20)32-28(33)23-17-31-25-9-6-10-26(27(23)25)34-18-19-15-16-30-24-8-5-4-7-22(19)24/h4-17,31H,18H2,1-3H3,(H,32,33). The highest BCUT2D eigenvalue weighted by Gasteiger charge is 2.17. The summed E-state index contributed by atoms with van der Waals surface area (Å²) in [5.74, 6) is 0.681. The zero-order valence-electron chi connectivity index (χ0n) is 19.6. The maximum Gasteiger partial charge on any atom is 0.257 e. The number of thioether (sulfide) groups is 1. The summed E-state index contributed by atoms with van der Waals surface area (Å²) in [4.78, 5) is 22.0. The van der Waals surface area contributed by atoms with E-state index in [2.05, 4.69) is 66.4 Å². The van der Waals surface area contributed by atoms with Gasteiger partial charge in [-0.3, -0.25) is 9.78 Å². The van der Waals surface area contributed by atoms with E-state index in [0.717, 1.165) is 38.1 Å². The molecule has 0 saturated heterocycles. The number of pyridine rings is 1. The molecule has 0 atom stereocenters. The lowest BCUT2D eigenvalue weighted by Crippen LogP contribution is -2.13. The molecule has 2 aromatic heterocycles. The van der Waals surface area contributed by atoms with Crippen molar-refractivity contribution in [1.29, 1.82) is 0 Å². The highest BCUT2D eigenvalue weighted by atomic mass is 32.2. The zero-order chi connectivity index (χ0) is 23.7. The molecule has 0 fully saturated rings. The van der Waals surface area contributed by atoms with E-state index in [1.165, 1.54) is 11.1 Å². The van der Waals surface area contributed by atoms with Crippen LogP contribution in [0, 0.1) is 0 Å². The van der Waals surface area contributed by atoms with Crippen molar-refractivity contribution in [1.82, 2.24) is 9.97 Å². The second-order valence-electron chi connectivity index (χ2n) is 9.44. The third kappa shape index (κ3) is 4.44. The number of carbonyl (C=O) groups excluding carboxylic acids is 1. The number of hydrogen-bond donors (Lipinski definition) is 2. The first-order valence-electron chi connectivity index (χ1n) is 11.4. The van der Waals surface area contributed by atoms with Gasteiger partial charge in [0.2, 0.25) is 0 Å². The van der Waals surface area contributed by atoms with Crippen LogP contribution in [0.2, 0.25) is 0 Å². The summed E-state index contributed by atoms with van der Waals surface area (Å²) < 4.78 is 0. The van der Waals surface area contributed by atoms with Crippen LogP contribution in [-0.4, -0.2) is 15.9 Å². The van der Waals surface area contributed by atoms with Crippen LogP contribution in [0.25, 0.3) is 21.8 Å². The normalized spacial score (nSPS) is 11.7. The van der Waals surface area contributed by atoms with E-state index < -0.39 is 0 Å². The van der Waals surface area contributed by atoms with Crippen molar-refractivity contribution in [2.45, 2.75) is 36.8 Å². The van der Waals surface area contributed by atoms with E-state index in [1.54, 1.807) is 18.0 Å². The largest absolute Gasteiger partial charge is 0.360 e. The van der Waals surface area contributed by atoms with Gasteiger partial charge in [-0.15, -0.1) is 11.8 Å².